The molecule has 0 aliphatic carbocycles. The van der Waals surface area contributed by atoms with Gasteiger partial charge in [-0.3, -0.25) is 0 Å². The van der Waals surface area contributed by atoms with Crippen LogP contribution >= 0.6 is 11.3 Å². The van der Waals surface area contributed by atoms with E-state index in [9.17, 15) is 4.79 Å². The number of ether oxygens (including phenoxy) is 2. The molecular weight excluding hydrogens is 300 g/mol. The maximum atomic E-state index is 11.4. The van der Waals surface area contributed by atoms with E-state index in [0.717, 1.165) is 22.7 Å². The molecule has 5 nitrogen and oxygen atoms in total. The van der Waals surface area contributed by atoms with Crippen molar-refractivity contribution < 1.29 is 14.3 Å². The molecule has 116 valence electrons. The van der Waals surface area contributed by atoms with Gasteiger partial charge in [0.2, 0.25) is 5.88 Å². The lowest BCUT2D eigenvalue weighted by Crippen LogP contribution is -2.13. The first kappa shape index (κ1) is 16.2. The first-order valence-electron chi connectivity index (χ1n) is 7.02. The molecule has 0 saturated heterocycles. The highest BCUT2D eigenvalue weighted by atomic mass is 32.1. The lowest BCUT2D eigenvalue weighted by molar-refractivity contribution is -0.138. The third kappa shape index (κ3) is 4.14. The number of esters is 1. The highest BCUT2D eigenvalue weighted by Gasteiger charge is 2.09. The van der Waals surface area contributed by atoms with E-state index >= 15 is 0 Å². The zero-order chi connectivity index (χ0) is 15.9. The second-order valence-electron chi connectivity index (χ2n) is 4.50. The number of pyridine rings is 1. The first-order chi connectivity index (χ1) is 10.6. The normalized spacial score (nSPS) is 10.3. The Balaban J connectivity index is 1.94. The van der Waals surface area contributed by atoms with Crippen molar-refractivity contribution in [3.63, 3.8) is 0 Å². The molecule has 0 bridgehead atoms. The molecule has 0 fully saturated rings. The van der Waals surface area contributed by atoms with Crippen LogP contribution in [0.15, 0.2) is 35.9 Å². The van der Waals surface area contributed by atoms with Crippen LogP contribution in [0.25, 0.3) is 10.6 Å². The van der Waals surface area contributed by atoms with E-state index in [1.165, 1.54) is 0 Å². The summed E-state index contributed by atoms with van der Waals surface area (Å²) < 4.78 is 10.3. The van der Waals surface area contributed by atoms with Gasteiger partial charge in [0.05, 0.1) is 17.9 Å². The van der Waals surface area contributed by atoms with Gasteiger partial charge >= 0.3 is 5.97 Å². The lowest BCUT2D eigenvalue weighted by atomic mass is 10.3. The van der Waals surface area contributed by atoms with E-state index in [4.69, 9.17) is 9.47 Å². The number of hydrogen-bond donors (Lipinski definition) is 0. The lowest BCUT2D eigenvalue weighted by Gasteiger charge is -2.07. The van der Waals surface area contributed by atoms with Crippen LogP contribution in [0.4, 0.5) is 0 Å². The number of carbonyl (C=O) groups is 1. The van der Waals surface area contributed by atoms with Crippen molar-refractivity contribution in [3.05, 3.63) is 41.6 Å². The Labute approximate surface area is 133 Å². The zero-order valence-corrected chi connectivity index (χ0v) is 13.5. The molecule has 0 atom stereocenters. The molecule has 6 heteroatoms. The number of hydrogen-bond acceptors (Lipinski definition) is 6. The molecule has 0 N–H and O–H groups in total. The largest absolute Gasteiger partial charge is 0.473 e. The van der Waals surface area contributed by atoms with Crippen LogP contribution in [-0.4, -0.2) is 29.2 Å². The second-order valence-corrected chi connectivity index (χ2v) is 5.35. The molecular formula is C16H18N2O3S. The Morgan fingerprint density at radius 1 is 1.36 bits per heavy atom. The Morgan fingerprint density at radius 3 is 2.77 bits per heavy atom. The summed E-state index contributed by atoms with van der Waals surface area (Å²) in [6, 6.07) is 3.65. The van der Waals surface area contributed by atoms with Crippen LogP contribution in [0.5, 0.6) is 5.88 Å². The molecule has 2 heterocycles. The van der Waals surface area contributed by atoms with Gasteiger partial charge in [0, 0.05) is 23.2 Å². The number of carbonyl (C=O) groups excluding carboxylic acids is 1. The predicted octanol–water partition coefficient (Wildman–Crippen LogP) is 3.27. The topological polar surface area (TPSA) is 61.3 Å². The fourth-order valence-corrected chi connectivity index (χ4v) is 2.54. The molecule has 0 radical (unpaired) electrons. The van der Waals surface area contributed by atoms with Crippen molar-refractivity contribution in [2.75, 3.05) is 13.2 Å². The van der Waals surface area contributed by atoms with Crippen LogP contribution < -0.4 is 4.74 Å². The Hall–Kier alpha value is -2.21. The number of thiazole rings is 1. The van der Waals surface area contributed by atoms with Crippen LogP contribution in [0.3, 0.4) is 0 Å². The molecule has 2 aromatic rings. The van der Waals surface area contributed by atoms with Crippen molar-refractivity contribution in [2.45, 2.75) is 20.3 Å². The zero-order valence-electron chi connectivity index (χ0n) is 12.7. The van der Waals surface area contributed by atoms with Gasteiger partial charge in [-0.15, -0.1) is 11.3 Å². The molecule has 0 saturated carbocycles. The van der Waals surface area contributed by atoms with Crippen LogP contribution in [-0.2, 0) is 16.0 Å². The van der Waals surface area contributed by atoms with E-state index in [0.29, 0.717) is 12.5 Å². The van der Waals surface area contributed by atoms with Crippen molar-refractivity contribution in [1.82, 2.24) is 9.97 Å². The van der Waals surface area contributed by atoms with Crippen molar-refractivity contribution >= 4 is 17.3 Å². The Bertz CT molecular complexity index is 650. The van der Waals surface area contributed by atoms with Crippen LogP contribution in [0.2, 0.25) is 0 Å². The minimum atomic E-state index is -0.450. The highest BCUT2D eigenvalue weighted by Crippen LogP contribution is 2.24. The predicted molar refractivity (Wildman–Crippen MR) is 86.0 cm³/mol. The summed E-state index contributed by atoms with van der Waals surface area (Å²) in [7, 11) is 0. The minimum absolute atomic E-state index is 0.0580. The number of nitrogens with zero attached hydrogens (tertiary/aromatic N) is 2. The molecule has 0 amide bonds. The highest BCUT2D eigenvalue weighted by molar-refractivity contribution is 7.13. The van der Waals surface area contributed by atoms with Crippen molar-refractivity contribution in [2.24, 2.45) is 0 Å². The maximum Gasteiger partial charge on any atom is 0.336 e. The molecule has 2 rings (SSSR count). The number of aryl methyl sites for hydroxylation is 1. The van der Waals surface area contributed by atoms with Crippen molar-refractivity contribution in [1.29, 1.82) is 0 Å². The van der Waals surface area contributed by atoms with E-state index in [-0.39, 0.29) is 12.2 Å². The molecule has 0 unspecified atom stereocenters. The van der Waals surface area contributed by atoms with Gasteiger partial charge in [0.25, 0.3) is 0 Å². The fraction of sp³-hybridized carbons (Fsp3) is 0.312. The molecule has 0 aliphatic rings. The van der Waals surface area contributed by atoms with E-state index < -0.39 is 5.97 Å². The van der Waals surface area contributed by atoms with Gasteiger partial charge in [-0.1, -0.05) is 13.5 Å². The summed E-state index contributed by atoms with van der Waals surface area (Å²) in [5.74, 6) is -0.0181. The Morgan fingerprint density at radius 2 is 2.18 bits per heavy atom. The molecule has 0 aliphatic heterocycles. The van der Waals surface area contributed by atoms with Crippen molar-refractivity contribution in [3.8, 4) is 16.5 Å². The smallest absolute Gasteiger partial charge is 0.336 e. The third-order valence-electron chi connectivity index (χ3n) is 2.86. The summed E-state index contributed by atoms with van der Waals surface area (Å²) in [4.78, 5) is 20.1. The monoisotopic (exact) mass is 318 g/mol. The van der Waals surface area contributed by atoms with Gasteiger partial charge in [0.1, 0.15) is 11.6 Å². The second kappa shape index (κ2) is 7.70. The summed E-state index contributed by atoms with van der Waals surface area (Å²) in [5, 5.41) is 2.98. The van der Waals surface area contributed by atoms with Gasteiger partial charge < -0.3 is 9.47 Å². The first-order valence-corrected chi connectivity index (χ1v) is 7.90. The molecule has 2 aromatic heterocycles. The Kier molecular flexibility index (Phi) is 5.66. The molecule has 22 heavy (non-hydrogen) atoms. The van der Waals surface area contributed by atoms with E-state index in [1.807, 2.05) is 11.4 Å². The summed E-state index contributed by atoms with van der Waals surface area (Å²) >= 11 is 1.59. The molecule has 0 spiro atoms. The standard InChI is InChI=1S/C16H18N2O3S/c1-4-13-10-22-15(18-13)12-6-7-14(17-8-12)21-9-11(3)16(19)20-5-2/h6-8,10H,3-5,9H2,1-2H3. The summed E-state index contributed by atoms with van der Waals surface area (Å²) in [5.41, 5.74) is 2.28. The van der Waals surface area contributed by atoms with Crippen LogP contribution in [0, 0.1) is 0 Å². The number of rotatable bonds is 7. The average Bonchev–Trinajstić information content (AvgIpc) is 3.02. The average molecular weight is 318 g/mol. The summed E-state index contributed by atoms with van der Waals surface area (Å²) in [6.45, 7) is 7.82. The minimum Gasteiger partial charge on any atom is -0.473 e. The maximum absolute atomic E-state index is 11.4. The van der Waals surface area contributed by atoms with E-state index in [1.54, 1.807) is 30.5 Å². The molecule has 0 aromatic carbocycles. The SMILES string of the molecule is C=C(COc1ccc(-c2nc(CC)cs2)cn1)C(=O)OCC. The number of aromatic nitrogens is 2. The van der Waals surface area contributed by atoms with E-state index in [2.05, 4.69) is 23.5 Å². The van der Waals surface area contributed by atoms with Gasteiger partial charge in [-0.2, -0.15) is 0 Å². The van der Waals surface area contributed by atoms with Gasteiger partial charge in [-0.05, 0) is 19.4 Å². The third-order valence-corrected chi connectivity index (χ3v) is 3.80. The van der Waals surface area contributed by atoms with Gasteiger partial charge in [-0.25, -0.2) is 14.8 Å². The summed E-state index contributed by atoms with van der Waals surface area (Å²) in [6.07, 6.45) is 2.63. The quantitative estimate of drug-likeness (QED) is 0.579. The van der Waals surface area contributed by atoms with Crippen LogP contribution in [0.1, 0.15) is 19.5 Å². The fourth-order valence-electron chi connectivity index (χ4n) is 1.65. The van der Waals surface area contributed by atoms with Gasteiger partial charge in [0.15, 0.2) is 0 Å².